The normalized spacial score (nSPS) is 25.9. The zero-order valence-electron chi connectivity index (χ0n) is 13.5. The average Bonchev–Trinajstić information content (AvgIpc) is 2.41. The van der Waals surface area contributed by atoms with Crippen molar-refractivity contribution in [2.45, 2.75) is 52.0 Å². The molecule has 0 bridgehead atoms. The molecule has 0 aromatic heterocycles. The molecule has 1 aliphatic carbocycles. The van der Waals surface area contributed by atoms with Crippen molar-refractivity contribution < 1.29 is 23.1 Å². The number of nitrogens with one attached hydrogen (secondary N) is 1. The van der Waals surface area contributed by atoms with Gasteiger partial charge in [-0.3, -0.25) is 4.79 Å². The molecule has 8 heteroatoms. The Morgan fingerprint density at radius 1 is 1.23 bits per heavy atom. The predicted molar refractivity (Wildman–Crippen MR) is 82.8 cm³/mol. The first-order valence-corrected chi connectivity index (χ1v) is 9.30. The van der Waals surface area contributed by atoms with Crippen molar-refractivity contribution in [2.75, 3.05) is 18.8 Å². The summed E-state index contributed by atoms with van der Waals surface area (Å²) in [5.74, 6) is -2.13. The number of nitrogens with zero attached hydrogens (tertiary/aromatic N) is 1. The predicted octanol–water partition coefficient (Wildman–Crippen LogP) is 0.808. The van der Waals surface area contributed by atoms with E-state index in [1.54, 1.807) is 13.8 Å². The van der Waals surface area contributed by atoms with Gasteiger partial charge in [0.25, 0.3) is 0 Å². The Kier molecular flexibility index (Phi) is 6.37. The molecule has 0 aromatic carbocycles. The van der Waals surface area contributed by atoms with E-state index in [4.69, 9.17) is 0 Å². The molecule has 0 aromatic rings. The third kappa shape index (κ3) is 4.42. The van der Waals surface area contributed by atoms with E-state index in [0.717, 1.165) is 0 Å². The summed E-state index contributed by atoms with van der Waals surface area (Å²) in [6.07, 6.45) is 2.08. The van der Waals surface area contributed by atoms with Gasteiger partial charge in [0, 0.05) is 13.1 Å². The highest BCUT2D eigenvalue weighted by molar-refractivity contribution is 7.89. The summed E-state index contributed by atoms with van der Waals surface area (Å²) in [4.78, 5) is 23.6. The van der Waals surface area contributed by atoms with Crippen LogP contribution in [0.3, 0.4) is 0 Å². The summed E-state index contributed by atoms with van der Waals surface area (Å²) in [6, 6.07) is 0. The lowest BCUT2D eigenvalue weighted by molar-refractivity contribution is -0.149. The highest BCUT2D eigenvalue weighted by Crippen LogP contribution is 2.32. The molecule has 0 radical (unpaired) electrons. The summed E-state index contributed by atoms with van der Waals surface area (Å²) in [6.45, 7) is 6.00. The van der Waals surface area contributed by atoms with Gasteiger partial charge in [0.1, 0.15) is 11.3 Å². The number of sulfonamides is 1. The van der Waals surface area contributed by atoms with E-state index in [0.29, 0.717) is 31.6 Å². The van der Waals surface area contributed by atoms with E-state index in [1.807, 2.05) is 6.92 Å². The zero-order chi connectivity index (χ0) is 17.0. The van der Waals surface area contributed by atoms with Crippen LogP contribution in [0.5, 0.6) is 0 Å². The van der Waals surface area contributed by atoms with E-state index in [-0.39, 0.29) is 13.1 Å². The highest BCUT2D eigenvalue weighted by Gasteiger charge is 2.43. The molecule has 2 N–H and O–H groups in total. The topological polar surface area (TPSA) is 104 Å². The average molecular weight is 334 g/mol. The second kappa shape index (κ2) is 7.41. The number of hydrogen-bond acceptors (Lipinski definition) is 4. The first-order valence-electron chi connectivity index (χ1n) is 7.69. The van der Waals surface area contributed by atoms with Crippen molar-refractivity contribution in [3.63, 3.8) is 0 Å². The Labute approximate surface area is 132 Å². The van der Waals surface area contributed by atoms with Crippen molar-refractivity contribution in [1.29, 1.82) is 0 Å². The maximum absolute atomic E-state index is 12.1. The van der Waals surface area contributed by atoms with Crippen LogP contribution in [-0.2, 0) is 19.6 Å². The Morgan fingerprint density at radius 2 is 1.73 bits per heavy atom. The number of hydrogen-bond donors (Lipinski definition) is 2. The third-order valence-corrected chi connectivity index (χ3v) is 6.26. The molecule has 7 nitrogen and oxygen atoms in total. The van der Waals surface area contributed by atoms with Gasteiger partial charge in [-0.15, -0.1) is 0 Å². The summed E-state index contributed by atoms with van der Waals surface area (Å²) < 4.78 is 25.4. The number of amides is 1. The molecule has 0 saturated heterocycles. The van der Waals surface area contributed by atoms with Crippen LogP contribution in [0.4, 0.5) is 0 Å². The maximum atomic E-state index is 12.1. The standard InChI is InChI=1S/C14H26N2O5S/c1-4-16(5-2)22(20,21)10-12(17)15-14(13(18)19)8-6-11(3)7-9-14/h11H,4-10H2,1-3H3,(H,15,17)(H,18,19). The molecule has 1 fully saturated rings. The van der Waals surface area contributed by atoms with Crippen molar-refractivity contribution in [3.05, 3.63) is 0 Å². The van der Waals surface area contributed by atoms with Gasteiger partial charge in [0.2, 0.25) is 15.9 Å². The van der Waals surface area contributed by atoms with Crippen LogP contribution in [0, 0.1) is 5.92 Å². The fraction of sp³-hybridized carbons (Fsp3) is 0.857. The number of aliphatic carboxylic acids is 1. The first-order chi connectivity index (χ1) is 10.2. The summed E-state index contributed by atoms with van der Waals surface area (Å²) in [5, 5.41) is 11.9. The maximum Gasteiger partial charge on any atom is 0.329 e. The van der Waals surface area contributed by atoms with Crippen molar-refractivity contribution in [1.82, 2.24) is 9.62 Å². The van der Waals surface area contributed by atoms with Gasteiger partial charge in [0.05, 0.1) is 0 Å². The second-order valence-corrected chi connectivity index (χ2v) is 7.93. The molecular weight excluding hydrogens is 308 g/mol. The molecule has 0 atom stereocenters. The SMILES string of the molecule is CCN(CC)S(=O)(=O)CC(=O)NC1(C(=O)O)CCC(C)CC1. The zero-order valence-corrected chi connectivity index (χ0v) is 14.3. The van der Waals surface area contributed by atoms with Gasteiger partial charge >= 0.3 is 5.97 Å². The van der Waals surface area contributed by atoms with Crippen LogP contribution in [0.1, 0.15) is 46.5 Å². The lowest BCUT2D eigenvalue weighted by atomic mass is 9.77. The molecule has 1 rings (SSSR count). The van der Waals surface area contributed by atoms with E-state index >= 15 is 0 Å². The van der Waals surface area contributed by atoms with Crippen molar-refractivity contribution in [3.8, 4) is 0 Å². The minimum Gasteiger partial charge on any atom is -0.480 e. The monoisotopic (exact) mass is 334 g/mol. The van der Waals surface area contributed by atoms with E-state index in [1.165, 1.54) is 4.31 Å². The minimum atomic E-state index is -3.71. The largest absolute Gasteiger partial charge is 0.480 e. The first kappa shape index (κ1) is 18.9. The van der Waals surface area contributed by atoms with Gasteiger partial charge in [-0.05, 0) is 31.6 Å². The lowest BCUT2D eigenvalue weighted by Gasteiger charge is -2.36. The van der Waals surface area contributed by atoms with Crippen LogP contribution < -0.4 is 5.32 Å². The quantitative estimate of drug-likeness (QED) is 0.717. The molecule has 0 heterocycles. The second-order valence-electron chi connectivity index (χ2n) is 5.96. The van der Waals surface area contributed by atoms with Crippen LogP contribution in [0.25, 0.3) is 0 Å². The van der Waals surface area contributed by atoms with Gasteiger partial charge in [-0.1, -0.05) is 20.8 Å². The van der Waals surface area contributed by atoms with E-state index < -0.39 is 33.2 Å². The molecular formula is C14H26N2O5S. The van der Waals surface area contributed by atoms with E-state index in [2.05, 4.69) is 5.32 Å². The van der Waals surface area contributed by atoms with Gasteiger partial charge < -0.3 is 10.4 Å². The molecule has 1 aliphatic rings. The summed E-state index contributed by atoms with van der Waals surface area (Å²) >= 11 is 0. The third-order valence-electron chi connectivity index (χ3n) is 4.33. The van der Waals surface area contributed by atoms with Crippen LogP contribution in [0.15, 0.2) is 0 Å². The Balaban J connectivity index is 2.79. The van der Waals surface area contributed by atoms with Crippen LogP contribution in [-0.4, -0.2) is 54.1 Å². The van der Waals surface area contributed by atoms with Crippen LogP contribution in [0.2, 0.25) is 0 Å². The fourth-order valence-corrected chi connectivity index (χ4v) is 4.20. The summed E-state index contributed by atoms with van der Waals surface area (Å²) in [5.41, 5.74) is -1.33. The highest BCUT2D eigenvalue weighted by atomic mass is 32.2. The van der Waals surface area contributed by atoms with Crippen molar-refractivity contribution >= 4 is 21.9 Å². The molecule has 1 saturated carbocycles. The van der Waals surface area contributed by atoms with Crippen LogP contribution >= 0.6 is 0 Å². The Hall–Kier alpha value is -1.15. The molecule has 22 heavy (non-hydrogen) atoms. The van der Waals surface area contributed by atoms with Gasteiger partial charge in [-0.25, -0.2) is 17.5 Å². The van der Waals surface area contributed by atoms with Gasteiger partial charge in [-0.2, -0.15) is 0 Å². The lowest BCUT2D eigenvalue weighted by Crippen LogP contribution is -2.57. The number of rotatable bonds is 7. The number of carboxylic acid groups (broad SMARTS) is 1. The molecule has 128 valence electrons. The number of carbonyl (C=O) groups is 2. The Morgan fingerprint density at radius 3 is 2.14 bits per heavy atom. The fourth-order valence-electron chi connectivity index (χ4n) is 2.82. The Bertz CT molecular complexity index is 505. The van der Waals surface area contributed by atoms with E-state index in [9.17, 15) is 23.1 Å². The molecule has 0 spiro atoms. The van der Waals surface area contributed by atoms with Gasteiger partial charge in [0.15, 0.2) is 0 Å². The van der Waals surface area contributed by atoms with Crippen molar-refractivity contribution in [2.24, 2.45) is 5.92 Å². The number of carboxylic acids is 1. The molecule has 0 aliphatic heterocycles. The summed E-state index contributed by atoms with van der Waals surface area (Å²) in [7, 11) is -3.71. The molecule has 1 amide bonds. The minimum absolute atomic E-state index is 0.285. The molecule has 0 unspecified atom stereocenters. The smallest absolute Gasteiger partial charge is 0.329 e. The number of carbonyl (C=O) groups excluding carboxylic acids is 1.